The van der Waals surface area contributed by atoms with E-state index in [1.54, 1.807) is 6.07 Å². The van der Waals surface area contributed by atoms with Crippen molar-refractivity contribution in [3.8, 4) is 11.5 Å². The van der Waals surface area contributed by atoms with E-state index >= 15 is 0 Å². The van der Waals surface area contributed by atoms with E-state index in [0.717, 1.165) is 12.1 Å². The molecule has 4 N–H and O–H groups in total. The van der Waals surface area contributed by atoms with Crippen LogP contribution < -0.4 is 26.0 Å². The second kappa shape index (κ2) is 10.0. The van der Waals surface area contributed by atoms with Crippen molar-refractivity contribution in [2.45, 2.75) is 6.61 Å². The highest BCUT2D eigenvalue weighted by molar-refractivity contribution is 5.44. The molecule has 0 saturated heterocycles. The standard InChI is InChI=1S/C13H21N3O4/c1-15-5-7-19-13-8-11(9-20-16-10-17)2-3-12(13)18-6-4-14/h2-3,8,10,15H,4-7,9,14H2,1H3,(H,16,17). The number of ether oxygens (including phenoxy) is 2. The number of nitrogens with two attached hydrogens (primary N) is 1. The lowest BCUT2D eigenvalue weighted by atomic mass is 10.2. The van der Waals surface area contributed by atoms with Crippen molar-refractivity contribution in [3.63, 3.8) is 0 Å². The van der Waals surface area contributed by atoms with Crippen LogP contribution in [0.5, 0.6) is 11.5 Å². The van der Waals surface area contributed by atoms with Crippen molar-refractivity contribution in [2.75, 3.05) is 33.4 Å². The summed E-state index contributed by atoms with van der Waals surface area (Å²) in [7, 11) is 1.85. The summed E-state index contributed by atoms with van der Waals surface area (Å²) in [6.45, 7) is 2.35. The summed E-state index contributed by atoms with van der Waals surface area (Å²) < 4.78 is 11.2. The molecule has 0 atom stereocenters. The summed E-state index contributed by atoms with van der Waals surface area (Å²) >= 11 is 0. The van der Waals surface area contributed by atoms with Gasteiger partial charge in [-0.15, -0.1) is 0 Å². The Morgan fingerprint density at radius 2 is 2.05 bits per heavy atom. The molecule has 0 unspecified atom stereocenters. The summed E-state index contributed by atoms with van der Waals surface area (Å²) in [5, 5.41) is 3.00. The van der Waals surface area contributed by atoms with E-state index in [2.05, 4.69) is 10.8 Å². The number of carbonyl (C=O) groups is 1. The van der Waals surface area contributed by atoms with Gasteiger partial charge in [-0.2, -0.15) is 0 Å². The molecule has 1 amide bonds. The lowest BCUT2D eigenvalue weighted by Gasteiger charge is -2.13. The molecule has 0 radical (unpaired) electrons. The third-order valence-corrected chi connectivity index (χ3v) is 2.36. The van der Waals surface area contributed by atoms with Crippen molar-refractivity contribution in [3.05, 3.63) is 23.8 Å². The quantitative estimate of drug-likeness (QED) is 0.296. The van der Waals surface area contributed by atoms with Gasteiger partial charge in [-0.3, -0.25) is 9.63 Å². The number of hydrogen-bond donors (Lipinski definition) is 3. The molecular weight excluding hydrogens is 262 g/mol. The summed E-state index contributed by atoms with van der Waals surface area (Å²) in [5.74, 6) is 1.26. The maximum atomic E-state index is 10.1. The Bertz CT molecular complexity index is 401. The fraction of sp³-hybridized carbons (Fsp3) is 0.462. The average molecular weight is 283 g/mol. The number of hydroxylamine groups is 1. The van der Waals surface area contributed by atoms with Gasteiger partial charge >= 0.3 is 0 Å². The lowest BCUT2D eigenvalue weighted by molar-refractivity contribution is -0.121. The minimum absolute atomic E-state index is 0.248. The Labute approximate surface area is 118 Å². The van der Waals surface area contributed by atoms with Crippen LogP contribution in [-0.4, -0.2) is 39.8 Å². The SMILES string of the molecule is CNCCOc1cc(CONC=O)ccc1OCCN. The van der Waals surface area contributed by atoms with Crippen LogP contribution in [0.2, 0.25) is 0 Å². The Hall–Kier alpha value is -1.83. The zero-order valence-electron chi connectivity index (χ0n) is 11.6. The fourth-order valence-electron chi connectivity index (χ4n) is 1.47. The molecule has 1 aromatic carbocycles. The highest BCUT2D eigenvalue weighted by atomic mass is 16.6. The molecule has 0 aliphatic rings. The minimum Gasteiger partial charge on any atom is -0.488 e. The van der Waals surface area contributed by atoms with Crippen molar-refractivity contribution in [2.24, 2.45) is 5.73 Å². The average Bonchev–Trinajstić information content (AvgIpc) is 2.47. The van der Waals surface area contributed by atoms with Crippen LogP contribution in [0.3, 0.4) is 0 Å². The van der Waals surface area contributed by atoms with Gasteiger partial charge < -0.3 is 20.5 Å². The van der Waals surface area contributed by atoms with E-state index in [9.17, 15) is 4.79 Å². The Morgan fingerprint density at radius 1 is 1.25 bits per heavy atom. The summed E-state index contributed by atoms with van der Waals surface area (Å²) in [6, 6.07) is 5.45. The molecule has 7 nitrogen and oxygen atoms in total. The van der Waals surface area contributed by atoms with Gasteiger partial charge in [0.15, 0.2) is 11.5 Å². The van der Waals surface area contributed by atoms with Gasteiger partial charge in [-0.1, -0.05) is 6.07 Å². The van der Waals surface area contributed by atoms with E-state index < -0.39 is 0 Å². The first kappa shape index (κ1) is 16.2. The largest absolute Gasteiger partial charge is 0.488 e. The van der Waals surface area contributed by atoms with Crippen LogP contribution in [0.4, 0.5) is 0 Å². The van der Waals surface area contributed by atoms with Gasteiger partial charge in [-0.05, 0) is 24.7 Å². The number of hydrogen-bond acceptors (Lipinski definition) is 6. The van der Waals surface area contributed by atoms with Gasteiger partial charge in [0.25, 0.3) is 0 Å². The molecule has 0 aliphatic heterocycles. The second-order valence-corrected chi connectivity index (χ2v) is 3.89. The first-order valence-corrected chi connectivity index (χ1v) is 6.36. The maximum Gasteiger partial charge on any atom is 0.230 e. The van der Waals surface area contributed by atoms with Gasteiger partial charge in [0.1, 0.15) is 13.2 Å². The Balaban J connectivity index is 2.69. The second-order valence-electron chi connectivity index (χ2n) is 3.89. The number of likely N-dealkylation sites (N-methyl/N-ethyl adjacent to an activating group) is 1. The van der Waals surface area contributed by atoms with Crippen molar-refractivity contribution in [1.82, 2.24) is 10.8 Å². The summed E-state index contributed by atoms with van der Waals surface area (Å²) in [6.07, 6.45) is 0.475. The molecule has 0 bridgehead atoms. The van der Waals surface area contributed by atoms with Crippen molar-refractivity contribution < 1.29 is 19.1 Å². The van der Waals surface area contributed by atoms with Gasteiger partial charge in [0.2, 0.25) is 6.41 Å². The minimum atomic E-state index is 0.248. The summed E-state index contributed by atoms with van der Waals surface area (Å²) in [4.78, 5) is 15.0. The molecular formula is C13H21N3O4. The molecule has 7 heteroatoms. The molecule has 0 heterocycles. The first-order chi connectivity index (χ1) is 9.81. The van der Waals surface area contributed by atoms with Gasteiger partial charge in [0, 0.05) is 13.1 Å². The predicted molar refractivity (Wildman–Crippen MR) is 74.4 cm³/mol. The monoisotopic (exact) mass is 283 g/mol. The molecule has 20 heavy (non-hydrogen) atoms. The number of carbonyl (C=O) groups excluding carboxylic acids is 1. The van der Waals surface area contributed by atoms with Gasteiger partial charge in [0.05, 0.1) is 6.61 Å². The Kier molecular flexibility index (Phi) is 8.13. The molecule has 0 aliphatic carbocycles. The van der Waals surface area contributed by atoms with Gasteiger partial charge in [-0.25, -0.2) is 5.48 Å². The molecule has 1 rings (SSSR count). The third-order valence-electron chi connectivity index (χ3n) is 2.36. The smallest absolute Gasteiger partial charge is 0.230 e. The van der Waals surface area contributed by atoms with Crippen LogP contribution in [-0.2, 0) is 16.2 Å². The maximum absolute atomic E-state index is 10.1. The topological polar surface area (TPSA) is 94.8 Å². The van der Waals surface area contributed by atoms with Crippen LogP contribution in [0.1, 0.15) is 5.56 Å². The highest BCUT2D eigenvalue weighted by Gasteiger charge is 2.07. The Morgan fingerprint density at radius 3 is 2.75 bits per heavy atom. The van der Waals surface area contributed by atoms with Crippen LogP contribution in [0, 0.1) is 0 Å². The number of nitrogens with one attached hydrogen (secondary N) is 2. The zero-order valence-corrected chi connectivity index (χ0v) is 11.6. The number of rotatable bonds is 11. The van der Waals surface area contributed by atoms with Crippen LogP contribution >= 0.6 is 0 Å². The number of amides is 1. The van der Waals surface area contributed by atoms with Crippen molar-refractivity contribution in [1.29, 1.82) is 0 Å². The van der Waals surface area contributed by atoms with E-state index in [1.807, 2.05) is 19.2 Å². The first-order valence-electron chi connectivity index (χ1n) is 6.36. The number of benzene rings is 1. The fourth-order valence-corrected chi connectivity index (χ4v) is 1.47. The van der Waals surface area contributed by atoms with E-state index in [0.29, 0.717) is 37.7 Å². The van der Waals surface area contributed by atoms with Crippen LogP contribution in [0.25, 0.3) is 0 Å². The molecule has 112 valence electrons. The van der Waals surface area contributed by atoms with E-state index in [1.165, 1.54) is 0 Å². The van der Waals surface area contributed by atoms with Crippen LogP contribution in [0.15, 0.2) is 18.2 Å². The molecule has 0 spiro atoms. The third kappa shape index (κ3) is 5.87. The van der Waals surface area contributed by atoms with E-state index in [-0.39, 0.29) is 6.61 Å². The lowest BCUT2D eigenvalue weighted by Crippen LogP contribution is -2.17. The van der Waals surface area contributed by atoms with Crippen molar-refractivity contribution >= 4 is 6.41 Å². The molecule has 0 fully saturated rings. The summed E-state index contributed by atoms with van der Waals surface area (Å²) in [5.41, 5.74) is 8.42. The predicted octanol–water partition coefficient (Wildman–Crippen LogP) is -0.200. The normalized spacial score (nSPS) is 10.1. The molecule has 1 aromatic rings. The molecule has 0 aromatic heterocycles. The van der Waals surface area contributed by atoms with E-state index in [4.69, 9.17) is 20.0 Å². The molecule has 0 saturated carbocycles. The zero-order chi connectivity index (χ0) is 14.6. The highest BCUT2D eigenvalue weighted by Crippen LogP contribution is 2.28.